The summed E-state index contributed by atoms with van der Waals surface area (Å²) in [7, 11) is 0. The number of esters is 1. The fourth-order valence-electron chi connectivity index (χ4n) is 2.66. The van der Waals surface area contributed by atoms with Crippen LogP contribution in [-0.4, -0.2) is 28.5 Å². The number of fused-ring (bicyclic) bond motifs is 1. The van der Waals surface area contributed by atoms with Crippen LogP contribution in [0.5, 0.6) is 0 Å². The molecule has 2 atom stereocenters. The van der Waals surface area contributed by atoms with Crippen molar-refractivity contribution in [3.8, 4) is 0 Å². The minimum Gasteiger partial charge on any atom is -0.465 e. The van der Waals surface area contributed by atoms with E-state index in [4.69, 9.17) is 22.1 Å². The number of carbonyl (C=O) groups is 2. The van der Waals surface area contributed by atoms with E-state index in [1.54, 1.807) is 18.3 Å². The van der Waals surface area contributed by atoms with Gasteiger partial charge in [-0.25, -0.2) is 9.97 Å². The lowest BCUT2D eigenvalue weighted by molar-refractivity contribution is -0.143. The Bertz CT molecular complexity index is 841. The maximum atomic E-state index is 12.4. The molecule has 0 radical (unpaired) electrons. The molecular formula is C16H17ClN4O3. The average molecular weight is 349 g/mol. The van der Waals surface area contributed by atoms with E-state index < -0.39 is 0 Å². The number of nitrogens with zero attached hydrogens (tertiary/aromatic N) is 2. The Hall–Kier alpha value is -2.41. The van der Waals surface area contributed by atoms with Gasteiger partial charge in [-0.05, 0) is 23.9 Å². The molecule has 0 aromatic carbocycles. The molecule has 0 saturated heterocycles. The largest absolute Gasteiger partial charge is 0.465 e. The van der Waals surface area contributed by atoms with Crippen LogP contribution in [0, 0.1) is 11.3 Å². The van der Waals surface area contributed by atoms with Gasteiger partial charge in [0.05, 0.1) is 6.61 Å². The van der Waals surface area contributed by atoms with Crippen molar-refractivity contribution in [2.45, 2.75) is 20.3 Å². The predicted octanol–water partition coefficient (Wildman–Crippen LogP) is 2.39. The van der Waals surface area contributed by atoms with Gasteiger partial charge in [-0.1, -0.05) is 18.5 Å². The summed E-state index contributed by atoms with van der Waals surface area (Å²) in [6.45, 7) is 3.51. The van der Waals surface area contributed by atoms with Crippen LogP contribution in [0.1, 0.15) is 20.3 Å². The number of nitrogens with one attached hydrogen (secondary N) is 1. The zero-order valence-electron chi connectivity index (χ0n) is 13.3. The molecular weight excluding hydrogens is 332 g/mol. The molecule has 126 valence electrons. The molecule has 24 heavy (non-hydrogen) atoms. The number of amides is 1. The van der Waals surface area contributed by atoms with Gasteiger partial charge in [0.15, 0.2) is 0 Å². The fourth-order valence-corrected chi connectivity index (χ4v) is 2.87. The van der Waals surface area contributed by atoms with Gasteiger partial charge >= 0.3 is 5.97 Å². The molecule has 2 unspecified atom stereocenters. The standard InChI is InChI=1S/C16H17ClN4O3/c1-8(22)24-7-16(2)5-11(16)15(23)21-13-4-9-3-12(17)20-14(18)10(9)6-19-13/h3-4,6,11H,5,7H2,1-2H3,(H2,18,20)(H,19,21,23). The molecule has 1 amide bonds. The molecule has 1 saturated carbocycles. The molecule has 3 N–H and O–H groups in total. The van der Waals surface area contributed by atoms with E-state index in [-0.39, 0.29) is 35.0 Å². The number of aromatic nitrogens is 2. The highest BCUT2D eigenvalue weighted by Crippen LogP contribution is 2.52. The second kappa shape index (κ2) is 5.90. The van der Waals surface area contributed by atoms with Crippen LogP contribution in [0.25, 0.3) is 10.8 Å². The van der Waals surface area contributed by atoms with Crippen LogP contribution < -0.4 is 11.1 Å². The number of halogens is 1. The minimum atomic E-state index is -0.346. The number of rotatable bonds is 4. The second-order valence-electron chi connectivity index (χ2n) is 6.30. The van der Waals surface area contributed by atoms with Crippen molar-refractivity contribution in [2.75, 3.05) is 17.7 Å². The Labute approximate surface area is 143 Å². The third-order valence-corrected chi connectivity index (χ3v) is 4.43. The van der Waals surface area contributed by atoms with Crippen LogP contribution >= 0.6 is 11.6 Å². The number of ether oxygens (including phenoxy) is 1. The van der Waals surface area contributed by atoms with Crippen molar-refractivity contribution >= 4 is 45.9 Å². The van der Waals surface area contributed by atoms with Crippen molar-refractivity contribution in [1.82, 2.24) is 9.97 Å². The van der Waals surface area contributed by atoms with E-state index in [0.717, 1.165) is 5.39 Å². The fraction of sp³-hybridized carbons (Fsp3) is 0.375. The molecule has 3 rings (SSSR count). The van der Waals surface area contributed by atoms with Crippen LogP contribution in [0.4, 0.5) is 11.6 Å². The number of nitrogen functional groups attached to an aromatic ring is 1. The van der Waals surface area contributed by atoms with E-state index in [1.165, 1.54) is 6.92 Å². The third-order valence-electron chi connectivity index (χ3n) is 4.24. The molecule has 0 spiro atoms. The van der Waals surface area contributed by atoms with E-state index in [1.807, 2.05) is 6.92 Å². The maximum Gasteiger partial charge on any atom is 0.302 e. The van der Waals surface area contributed by atoms with Gasteiger partial charge in [0, 0.05) is 29.8 Å². The van der Waals surface area contributed by atoms with E-state index in [2.05, 4.69) is 15.3 Å². The minimum absolute atomic E-state index is 0.148. The molecule has 7 nitrogen and oxygen atoms in total. The molecule has 1 aliphatic rings. The summed E-state index contributed by atoms with van der Waals surface area (Å²) in [4.78, 5) is 31.4. The van der Waals surface area contributed by atoms with Crippen molar-refractivity contribution in [3.63, 3.8) is 0 Å². The SMILES string of the molecule is CC(=O)OCC1(C)CC1C(=O)Nc1cc2cc(Cl)nc(N)c2cn1. The molecule has 8 heteroatoms. The molecule has 2 aromatic rings. The first-order valence-corrected chi connectivity index (χ1v) is 7.82. The molecule has 0 aliphatic heterocycles. The highest BCUT2D eigenvalue weighted by Gasteiger charge is 2.55. The number of anilines is 2. The molecule has 1 aliphatic carbocycles. The topological polar surface area (TPSA) is 107 Å². The van der Waals surface area contributed by atoms with Crippen molar-refractivity contribution in [3.05, 3.63) is 23.5 Å². The monoisotopic (exact) mass is 348 g/mol. The summed E-state index contributed by atoms with van der Waals surface area (Å²) in [5.41, 5.74) is 5.48. The van der Waals surface area contributed by atoms with E-state index in [0.29, 0.717) is 23.4 Å². The summed E-state index contributed by atoms with van der Waals surface area (Å²) < 4.78 is 5.01. The van der Waals surface area contributed by atoms with E-state index >= 15 is 0 Å². The highest BCUT2D eigenvalue weighted by atomic mass is 35.5. The Morgan fingerprint density at radius 3 is 2.96 bits per heavy atom. The summed E-state index contributed by atoms with van der Waals surface area (Å²) in [5, 5.41) is 4.48. The van der Waals surface area contributed by atoms with E-state index in [9.17, 15) is 9.59 Å². The summed E-state index contributed by atoms with van der Waals surface area (Å²) in [5.74, 6) is 0.00144. The Morgan fingerprint density at radius 1 is 1.50 bits per heavy atom. The highest BCUT2D eigenvalue weighted by molar-refractivity contribution is 6.30. The van der Waals surface area contributed by atoms with Crippen LogP contribution in [0.2, 0.25) is 5.15 Å². The first-order chi connectivity index (χ1) is 11.3. The normalized spacial score (nSPS) is 22.2. The number of carbonyl (C=O) groups excluding carboxylic acids is 2. The lowest BCUT2D eigenvalue weighted by Crippen LogP contribution is -2.21. The zero-order valence-corrected chi connectivity index (χ0v) is 14.1. The van der Waals surface area contributed by atoms with Gasteiger partial charge in [-0.2, -0.15) is 0 Å². The average Bonchev–Trinajstić information content (AvgIpc) is 3.17. The first kappa shape index (κ1) is 16.4. The van der Waals surface area contributed by atoms with Gasteiger partial charge in [-0.3, -0.25) is 9.59 Å². The van der Waals surface area contributed by atoms with Crippen LogP contribution in [-0.2, 0) is 14.3 Å². The second-order valence-corrected chi connectivity index (χ2v) is 6.69. The lowest BCUT2D eigenvalue weighted by Gasteiger charge is -2.11. The smallest absolute Gasteiger partial charge is 0.302 e. The zero-order chi connectivity index (χ0) is 17.5. The quantitative estimate of drug-likeness (QED) is 0.649. The number of pyridine rings is 2. The Kier molecular flexibility index (Phi) is 4.04. The first-order valence-electron chi connectivity index (χ1n) is 7.44. The number of hydrogen-bond acceptors (Lipinski definition) is 6. The Balaban J connectivity index is 1.71. The molecule has 2 aromatic heterocycles. The molecule has 2 heterocycles. The third kappa shape index (κ3) is 3.26. The van der Waals surface area contributed by atoms with Crippen molar-refractivity contribution < 1.29 is 14.3 Å². The van der Waals surface area contributed by atoms with Gasteiger partial charge < -0.3 is 15.8 Å². The molecule has 1 fully saturated rings. The lowest BCUT2D eigenvalue weighted by atomic mass is 10.1. The molecule has 0 bridgehead atoms. The van der Waals surface area contributed by atoms with Crippen LogP contribution in [0.3, 0.4) is 0 Å². The summed E-state index contributed by atoms with van der Waals surface area (Å²) in [6.07, 6.45) is 2.22. The van der Waals surface area contributed by atoms with Gasteiger partial charge in [0.2, 0.25) is 5.91 Å². The van der Waals surface area contributed by atoms with Gasteiger partial charge in [-0.15, -0.1) is 0 Å². The van der Waals surface area contributed by atoms with Gasteiger partial charge in [0.1, 0.15) is 16.8 Å². The van der Waals surface area contributed by atoms with Crippen molar-refractivity contribution in [1.29, 1.82) is 0 Å². The van der Waals surface area contributed by atoms with Crippen molar-refractivity contribution in [2.24, 2.45) is 11.3 Å². The number of hydrogen-bond donors (Lipinski definition) is 2. The predicted molar refractivity (Wildman–Crippen MR) is 90.4 cm³/mol. The van der Waals surface area contributed by atoms with Crippen LogP contribution in [0.15, 0.2) is 18.3 Å². The number of nitrogens with two attached hydrogens (primary N) is 1. The Morgan fingerprint density at radius 2 is 2.25 bits per heavy atom. The summed E-state index contributed by atoms with van der Waals surface area (Å²) in [6, 6.07) is 3.36. The van der Waals surface area contributed by atoms with Gasteiger partial charge in [0.25, 0.3) is 0 Å². The summed E-state index contributed by atoms with van der Waals surface area (Å²) >= 11 is 5.90. The maximum absolute atomic E-state index is 12.4.